The van der Waals surface area contributed by atoms with Crippen LogP contribution in [0.1, 0.15) is 20.3 Å². The highest BCUT2D eigenvalue weighted by Gasteiger charge is 2.32. The number of rotatable bonds is 1. The van der Waals surface area contributed by atoms with Gasteiger partial charge in [0.05, 0.1) is 0 Å². The van der Waals surface area contributed by atoms with Gasteiger partial charge in [-0.1, -0.05) is 43.0 Å². The highest BCUT2D eigenvalue weighted by molar-refractivity contribution is 5.70. The molecule has 17 heavy (non-hydrogen) atoms. The number of aliphatic hydroxyl groups excluding tert-OH is 1. The van der Waals surface area contributed by atoms with Crippen LogP contribution in [0.25, 0.3) is 0 Å². The highest BCUT2D eigenvalue weighted by Crippen LogP contribution is 2.42. The van der Waals surface area contributed by atoms with E-state index in [4.69, 9.17) is 0 Å². The van der Waals surface area contributed by atoms with Crippen LogP contribution in [0.3, 0.4) is 0 Å². The summed E-state index contributed by atoms with van der Waals surface area (Å²) in [4.78, 5) is 0. The fourth-order valence-electron chi connectivity index (χ4n) is 2.43. The first-order chi connectivity index (χ1) is 8.16. The van der Waals surface area contributed by atoms with E-state index in [0.717, 1.165) is 34.3 Å². The second-order valence-corrected chi connectivity index (χ2v) is 4.39. The Hall–Kier alpha value is -1.60. The largest absolute Gasteiger partial charge is 0.384 e. The third-order valence-electron chi connectivity index (χ3n) is 3.21. The Kier molecular flexibility index (Phi) is 3.30. The van der Waals surface area contributed by atoms with Gasteiger partial charge in [0, 0.05) is 0 Å². The van der Waals surface area contributed by atoms with E-state index in [9.17, 15) is 5.11 Å². The molecule has 0 aromatic rings. The third kappa shape index (κ3) is 1.98. The number of hydrogen-bond acceptors (Lipinski definition) is 1. The monoisotopic (exact) mass is 226 g/mol. The fraction of sp³-hybridized carbons (Fsp3) is 0.250. The molecule has 0 aromatic heterocycles. The maximum atomic E-state index is 10.2. The van der Waals surface area contributed by atoms with Gasteiger partial charge in [0.1, 0.15) is 6.10 Å². The minimum absolute atomic E-state index is 0.545. The molecule has 0 aromatic carbocycles. The smallest absolute Gasteiger partial charge is 0.104 e. The molecule has 1 fully saturated rings. The molecule has 1 saturated carbocycles. The van der Waals surface area contributed by atoms with Gasteiger partial charge in [0.15, 0.2) is 0 Å². The second kappa shape index (κ2) is 4.72. The molecule has 1 heteroatoms. The SMILES string of the molecule is C=C1/C(=C(C)\C=C/C)C2=CC=CCC=C2C1O. The molecular formula is C16H18O. The lowest BCUT2D eigenvalue weighted by atomic mass is 9.99. The van der Waals surface area contributed by atoms with Crippen molar-refractivity contribution >= 4 is 0 Å². The van der Waals surface area contributed by atoms with E-state index in [2.05, 4.69) is 37.8 Å². The molecule has 2 aliphatic rings. The van der Waals surface area contributed by atoms with E-state index in [1.807, 2.05) is 19.1 Å². The Morgan fingerprint density at radius 1 is 1.53 bits per heavy atom. The summed E-state index contributed by atoms with van der Waals surface area (Å²) in [5.74, 6) is 0. The van der Waals surface area contributed by atoms with Crippen molar-refractivity contribution in [1.82, 2.24) is 0 Å². The van der Waals surface area contributed by atoms with E-state index in [0.29, 0.717) is 0 Å². The predicted octanol–water partition coefficient (Wildman–Crippen LogP) is 3.62. The first kappa shape index (κ1) is 11.9. The van der Waals surface area contributed by atoms with Gasteiger partial charge >= 0.3 is 0 Å². The molecule has 0 spiro atoms. The predicted molar refractivity (Wildman–Crippen MR) is 72.6 cm³/mol. The highest BCUT2D eigenvalue weighted by atomic mass is 16.3. The van der Waals surface area contributed by atoms with Crippen LogP contribution in [-0.4, -0.2) is 11.2 Å². The molecule has 1 unspecified atom stereocenters. The van der Waals surface area contributed by atoms with Crippen molar-refractivity contribution in [3.63, 3.8) is 0 Å². The summed E-state index contributed by atoms with van der Waals surface area (Å²) >= 11 is 0. The average molecular weight is 226 g/mol. The van der Waals surface area contributed by atoms with Gasteiger partial charge in [-0.2, -0.15) is 0 Å². The number of allylic oxidation sites excluding steroid dienone is 7. The topological polar surface area (TPSA) is 20.2 Å². The van der Waals surface area contributed by atoms with Crippen molar-refractivity contribution in [3.8, 4) is 0 Å². The average Bonchev–Trinajstić information content (AvgIpc) is 2.49. The third-order valence-corrected chi connectivity index (χ3v) is 3.21. The zero-order valence-corrected chi connectivity index (χ0v) is 10.4. The van der Waals surface area contributed by atoms with Crippen LogP contribution in [0.15, 0.2) is 70.9 Å². The lowest BCUT2D eigenvalue weighted by Gasteiger charge is -2.05. The van der Waals surface area contributed by atoms with E-state index in [-0.39, 0.29) is 0 Å². The number of aliphatic hydroxyl groups is 1. The zero-order valence-electron chi connectivity index (χ0n) is 10.4. The molecule has 0 aliphatic heterocycles. The Bertz CT molecular complexity index is 496. The van der Waals surface area contributed by atoms with E-state index in [1.165, 1.54) is 0 Å². The van der Waals surface area contributed by atoms with Crippen LogP contribution in [0, 0.1) is 0 Å². The summed E-state index contributed by atoms with van der Waals surface area (Å²) in [7, 11) is 0. The number of fused-ring (bicyclic) bond motifs is 1. The van der Waals surface area contributed by atoms with Crippen molar-refractivity contribution in [2.45, 2.75) is 26.4 Å². The Morgan fingerprint density at radius 2 is 2.29 bits per heavy atom. The Labute approximate surface area is 103 Å². The molecule has 1 nitrogen and oxygen atoms in total. The maximum absolute atomic E-state index is 10.2. The molecule has 2 aliphatic carbocycles. The molecule has 0 radical (unpaired) electrons. The van der Waals surface area contributed by atoms with Crippen LogP contribution in [0.4, 0.5) is 0 Å². The normalized spacial score (nSPS) is 26.8. The summed E-state index contributed by atoms with van der Waals surface area (Å²) in [6.45, 7) is 8.08. The summed E-state index contributed by atoms with van der Waals surface area (Å²) in [5.41, 5.74) is 5.18. The minimum atomic E-state index is -0.545. The standard InChI is InChI=1S/C16H18O/c1-4-8-11(2)15-12(3)16(17)14-10-7-5-6-9-13(14)15/h4-6,8-10,16-17H,3,7H2,1-2H3/b8-4-,15-11+. The van der Waals surface area contributed by atoms with Crippen LogP contribution in [-0.2, 0) is 0 Å². The summed E-state index contributed by atoms with van der Waals surface area (Å²) < 4.78 is 0. The van der Waals surface area contributed by atoms with Crippen LogP contribution >= 0.6 is 0 Å². The van der Waals surface area contributed by atoms with E-state index >= 15 is 0 Å². The molecular weight excluding hydrogens is 208 g/mol. The van der Waals surface area contributed by atoms with Gasteiger partial charge in [0.2, 0.25) is 0 Å². The molecule has 1 atom stereocenters. The Balaban J connectivity index is 2.61. The minimum Gasteiger partial charge on any atom is -0.384 e. The van der Waals surface area contributed by atoms with E-state index in [1.54, 1.807) is 0 Å². The Morgan fingerprint density at radius 3 is 3.00 bits per heavy atom. The molecule has 0 saturated heterocycles. The molecule has 0 bridgehead atoms. The van der Waals surface area contributed by atoms with Crippen LogP contribution < -0.4 is 0 Å². The second-order valence-electron chi connectivity index (χ2n) is 4.39. The van der Waals surface area contributed by atoms with Crippen molar-refractivity contribution < 1.29 is 5.11 Å². The van der Waals surface area contributed by atoms with Gasteiger partial charge in [0.25, 0.3) is 0 Å². The van der Waals surface area contributed by atoms with Crippen LogP contribution in [0.2, 0.25) is 0 Å². The lowest BCUT2D eigenvalue weighted by molar-refractivity contribution is 0.259. The van der Waals surface area contributed by atoms with Gasteiger partial charge in [-0.3, -0.25) is 0 Å². The van der Waals surface area contributed by atoms with Crippen molar-refractivity contribution in [2.75, 3.05) is 0 Å². The number of hydrogen-bond donors (Lipinski definition) is 1. The quantitative estimate of drug-likeness (QED) is 0.724. The molecule has 2 rings (SSSR count). The van der Waals surface area contributed by atoms with Gasteiger partial charge in [-0.05, 0) is 48.1 Å². The maximum Gasteiger partial charge on any atom is 0.104 e. The van der Waals surface area contributed by atoms with Crippen molar-refractivity contribution in [1.29, 1.82) is 0 Å². The van der Waals surface area contributed by atoms with Crippen molar-refractivity contribution in [3.05, 3.63) is 70.9 Å². The first-order valence-electron chi connectivity index (χ1n) is 5.95. The zero-order chi connectivity index (χ0) is 12.4. The summed E-state index contributed by atoms with van der Waals surface area (Å²) in [5, 5.41) is 10.2. The van der Waals surface area contributed by atoms with E-state index < -0.39 is 6.10 Å². The first-order valence-corrected chi connectivity index (χ1v) is 5.95. The van der Waals surface area contributed by atoms with Gasteiger partial charge in [-0.25, -0.2) is 0 Å². The van der Waals surface area contributed by atoms with Gasteiger partial charge in [-0.15, -0.1) is 0 Å². The molecule has 0 amide bonds. The summed E-state index contributed by atoms with van der Waals surface area (Å²) in [6.07, 6.45) is 12.7. The lowest BCUT2D eigenvalue weighted by Crippen LogP contribution is -2.04. The van der Waals surface area contributed by atoms with Gasteiger partial charge < -0.3 is 5.11 Å². The van der Waals surface area contributed by atoms with Crippen molar-refractivity contribution in [2.24, 2.45) is 0 Å². The molecule has 0 heterocycles. The van der Waals surface area contributed by atoms with Crippen LogP contribution in [0.5, 0.6) is 0 Å². The molecule has 1 N–H and O–H groups in total. The molecule has 88 valence electrons. The fourth-order valence-corrected chi connectivity index (χ4v) is 2.43. The summed E-state index contributed by atoms with van der Waals surface area (Å²) in [6, 6.07) is 0.